The van der Waals surface area contributed by atoms with Crippen LogP contribution in [0.1, 0.15) is 49.9 Å². The molecule has 19 heavy (non-hydrogen) atoms. The van der Waals surface area contributed by atoms with Crippen LogP contribution in [0.15, 0.2) is 24.3 Å². The summed E-state index contributed by atoms with van der Waals surface area (Å²) in [6.45, 7) is 3.67. The van der Waals surface area contributed by atoms with Gasteiger partial charge in [-0.3, -0.25) is 9.52 Å². The lowest BCUT2D eigenvalue weighted by atomic mass is 10.0. The van der Waals surface area contributed by atoms with Gasteiger partial charge in [0.15, 0.2) is 5.78 Å². The van der Waals surface area contributed by atoms with E-state index in [1.54, 1.807) is 31.2 Å². The molecule has 0 amide bonds. The molecule has 0 saturated carbocycles. The van der Waals surface area contributed by atoms with Crippen LogP contribution in [-0.2, 0) is 10.0 Å². The molecule has 1 aromatic rings. The van der Waals surface area contributed by atoms with E-state index in [0.29, 0.717) is 17.7 Å². The lowest BCUT2D eigenvalue weighted by Crippen LogP contribution is -2.14. The van der Waals surface area contributed by atoms with E-state index in [1.807, 2.05) is 0 Å². The minimum Gasteiger partial charge on any atom is -0.294 e. The summed E-state index contributed by atoms with van der Waals surface area (Å²) in [5.41, 5.74) is 1.13. The number of sulfonamides is 1. The molecule has 0 fully saturated rings. The van der Waals surface area contributed by atoms with Crippen LogP contribution in [0.4, 0.5) is 5.69 Å². The Bertz CT molecular complexity index is 506. The Morgan fingerprint density at radius 2 is 1.74 bits per heavy atom. The van der Waals surface area contributed by atoms with Crippen LogP contribution in [0.5, 0.6) is 0 Å². The highest BCUT2D eigenvalue weighted by atomic mass is 32.2. The Morgan fingerprint density at radius 3 is 2.26 bits per heavy atom. The highest BCUT2D eigenvalue weighted by molar-refractivity contribution is 7.92. The van der Waals surface area contributed by atoms with Crippen LogP contribution < -0.4 is 4.72 Å². The molecule has 4 nitrogen and oxygen atoms in total. The van der Waals surface area contributed by atoms with E-state index in [9.17, 15) is 13.2 Å². The summed E-state index contributed by atoms with van der Waals surface area (Å²) in [6.07, 6.45) is 3.60. The van der Waals surface area contributed by atoms with Gasteiger partial charge in [-0.1, -0.05) is 19.8 Å². The number of carbonyl (C=O) groups excluding carboxylic acids is 1. The van der Waals surface area contributed by atoms with Crippen molar-refractivity contribution >= 4 is 21.5 Å². The number of rotatable bonds is 8. The van der Waals surface area contributed by atoms with Crippen molar-refractivity contribution in [1.29, 1.82) is 0 Å². The number of hydrogen-bond donors (Lipinski definition) is 1. The van der Waals surface area contributed by atoms with Crippen molar-refractivity contribution in [2.45, 2.75) is 39.5 Å². The van der Waals surface area contributed by atoms with Crippen molar-refractivity contribution in [2.75, 3.05) is 10.5 Å². The number of unbranched alkanes of at least 4 members (excludes halogenated alkanes) is 2. The summed E-state index contributed by atoms with van der Waals surface area (Å²) in [4.78, 5) is 11.8. The number of Topliss-reactive ketones (excluding diaryl/α,β-unsaturated/α-hetero) is 1. The van der Waals surface area contributed by atoms with Gasteiger partial charge in [0.1, 0.15) is 0 Å². The number of hydrogen-bond acceptors (Lipinski definition) is 3. The zero-order chi connectivity index (χ0) is 14.3. The van der Waals surface area contributed by atoms with Crippen molar-refractivity contribution in [3.8, 4) is 0 Å². The second-order valence-corrected chi connectivity index (χ2v) is 6.47. The first-order chi connectivity index (χ1) is 8.98. The lowest BCUT2D eigenvalue weighted by molar-refractivity contribution is 0.0979. The quantitative estimate of drug-likeness (QED) is 0.588. The standard InChI is InChI=1S/C14H21NO3S/c1-3-5-6-7-14(16)12-8-10-13(11-9-12)15-19(17,18)4-2/h8-11,15H,3-7H2,1-2H3. The molecule has 0 atom stereocenters. The molecular weight excluding hydrogens is 262 g/mol. The van der Waals surface area contributed by atoms with E-state index in [1.165, 1.54) is 0 Å². The van der Waals surface area contributed by atoms with Crippen molar-refractivity contribution in [2.24, 2.45) is 0 Å². The zero-order valence-corrected chi connectivity index (χ0v) is 12.3. The molecule has 0 aliphatic rings. The number of nitrogens with one attached hydrogen (secondary N) is 1. The van der Waals surface area contributed by atoms with Crippen molar-refractivity contribution in [3.63, 3.8) is 0 Å². The maximum absolute atomic E-state index is 11.8. The Balaban J connectivity index is 2.63. The first-order valence-corrected chi connectivity index (χ1v) is 8.27. The van der Waals surface area contributed by atoms with Gasteiger partial charge >= 0.3 is 0 Å². The third kappa shape index (κ3) is 5.42. The van der Waals surface area contributed by atoms with Crippen molar-refractivity contribution < 1.29 is 13.2 Å². The average molecular weight is 283 g/mol. The van der Waals surface area contributed by atoms with E-state index >= 15 is 0 Å². The molecule has 106 valence electrons. The lowest BCUT2D eigenvalue weighted by Gasteiger charge is -2.06. The second-order valence-electron chi connectivity index (χ2n) is 4.46. The topological polar surface area (TPSA) is 63.2 Å². The third-order valence-corrected chi connectivity index (χ3v) is 4.17. The summed E-state index contributed by atoms with van der Waals surface area (Å²) in [5.74, 6) is 0.142. The Kier molecular flexibility index (Phi) is 6.02. The predicted molar refractivity (Wildman–Crippen MR) is 78.0 cm³/mol. The summed E-state index contributed by atoms with van der Waals surface area (Å²) in [5, 5.41) is 0. The van der Waals surface area contributed by atoms with E-state index in [2.05, 4.69) is 11.6 Å². The molecule has 0 radical (unpaired) electrons. The Labute approximate surface area is 115 Å². The number of ketones is 1. The van der Waals surface area contributed by atoms with Crippen LogP contribution in [0.25, 0.3) is 0 Å². The highest BCUT2D eigenvalue weighted by Crippen LogP contribution is 2.14. The fourth-order valence-electron chi connectivity index (χ4n) is 1.66. The van der Waals surface area contributed by atoms with Gasteiger partial charge < -0.3 is 0 Å². The molecule has 0 spiro atoms. The van der Waals surface area contributed by atoms with Crippen LogP contribution in [0, 0.1) is 0 Å². The van der Waals surface area contributed by atoms with Gasteiger partial charge in [-0.15, -0.1) is 0 Å². The first-order valence-electron chi connectivity index (χ1n) is 6.62. The van der Waals surface area contributed by atoms with Gasteiger partial charge in [-0.2, -0.15) is 0 Å². The van der Waals surface area contributed by atoms with Crippen LogP contribution in [0.2, 0.25) is 0 Å². The number of benzene rings is 1. The Morgan fingerprint density at radius 1 is 1.11 bits per heavy atom. The molecule has 0 heterocycles. The fourth-order valence-corrected chi connectivity index (χ4v) is 2.30. The highest BCUT2D eigenvalue weighted by Gasteiger charge is 2.08. The van der Waals surface area contributed by atoms with Gasteiger partial charge in [0.05, 0.1) is 5.75 Å². The predicted octanol–water partition coefficient (Wildman–Crippen LogP) is 3.21. The maximum atomic E-state index is 11.8. The SMILES string of the molecule is CCCCCC(=O)c1ccc(NS(=O)(=O)CC)cc1. The van der Waals surface area contributed by atoms with Gasteiger partial charge in [-0.25, -0.2) is 8.42 Å². The normalized spacial score (nSPS) is 11.3. The molecule has 0 bridgehead atoms. The molecule has 0 aromatic heterocycles. The Hall–Kier alpha value is -1.36. The fraction of sp³-hybridized carbons (Fsp3) is 0.500. The van der Waals surface area contributed by atoms with Crippen molar-refractivity contribution in [1.82, 2.24) is 0 Å². The molecule has 1 rings (SSSR count). The molecule has 1 aromatic carbocycles. The minimum absolute atomic E-state index is 0.0324. The summed E-state index contributed by atoms with van der Waals surface area (Å²) in [7, 11) is -3.26. The number of anilines is 1. The minimum atomic E-state index is -3.26. The zero-order valence-electron chi connectivity index (χ0n) is 11.5. The van der Waals surface area contributed by atoms with E-state index in [-0.39, 0.29) is 11.5 Å². The summed E-state index contributed by atoms with van der Waals surface area (Å²) >= 11 is 0. The second kappa shape index (κ2) is 7.28. The maximum Gasteiger partial charge on any atom is 0.232 e. The molecule has 1 N–H and O–H groups in total. The molecule has 0 unspecified atom stereocenters. The van der Waals surface area contributed by atoms with Gasteiger partial charge in [0.25, 0.3) is 0 Å². The average Bonchev–Trinajstić information content (AvgIpc) is 2.39. The number of carbonyl (C=O) groups is 1. The smallest absolute Gasteiger partial charge is 0.232 e. The third-order valence-electron chi connectivity index (χ3n) is 2.87. The van der Waals surface area contributed by atoms with E-state index < -0.39 is 10.0 Å². The molecule has 5 heteroatoms. The monoisotopic (exact) mass is 283 g/mol. The van der Waals surface area contributed by atoms with Gasteiger partial charge in [0.2, 0.25) is 10.0 Å². The van der Waals surface area contributed by atoms with Gasteiger partial charge in [-0.05, 0) is 37.6 Å². The molecule has 0 saturated heterocycles. The van der Waals surface area contributed by atoms with E-state index in [0.717, 1.165) is 19.3 Å². The van der Waals surface area contributed by atoms with Gasteiger partial charge in [0, 0.05) is 17.7 Å². The van der Waals surface area contributed by atoms with E-state index in [4.69, 9.17) is 0 Å². The summed E-state index contributed by atoms with van der Waals surface area (Å²) in [6, 6.07) is 6.59. The van der Waals surface area contributed by atoms with Crippen LogP contribution in [-0.4, -0.2) is 20.0 Å². The van der Waals surface area contributed by atoms with Crippen molar-refractivity contribution in [3.05, 3.63) is 29.8 Å². The molecular formula is C14H21NO3S. The molecule has 0 aliphatic carbocycles. The first kappa shape index (κ1) is 15.7. The molecule has 0 aliphatic heterocycles. The van der Waals surface area contributed by atoms with Crippen LogP contribution >= 0.6 is 0 Å². The van der Waals surface area contributed by atoms with Crippen LogP contribution in [0.3, 0.4) is 0 Å². The largest absolute Gasteiger partial charge is 0.294 e. The summed E-state index contributed by atoms with van der Waals surface area (Å²) < 4.78 is 25.2.